The highest BCUT2D eigenvalue weighted by molar-refractivity contribution is 8.00. The molecular weight excluding hydrogens is 396 g/mol. The molecule has 3 aromatic rings. The highest BCUT2D eigenvalue weighted by Crippen LogP contribution is 2.34. The van der Waals surface area contributed by atoms with Crippen LogP contribution in [0.3, 0.4) is 0 Å². The van der Waals surface area contributed by atoms with Crippen LogP contribution in [0.1, 0.15) is 16.0 Å². The van der Waals surface area contributed by atoms with E-state index in [0.717, 1.165) is 20.8 Å². The number of hydrogen-bond acceptors (Lipinski definition) is 8. The third-order valence-electron chi connectivity index (χ3n) is 4.12. The first-order valence-corrected chi connectivity index (χ1v) is 10.6. The Morgan fingerprint density at radius 2 is 2.11 bits per heavy atom. The average Bonchev–Trinajstić information content (AvgIpc) is 3.00. The average molecular weight is 419 g/mol. The van der Waals surface area contributed by atoms with Crippen molar-refractivity contribution in [2.45, 2.75) is 25.4 Å². The molecule has 9 heteroatoms. The largest absolute Gasteiger partial charge is 0.475 e. The quantitative estimate of drug-likeness (QED) is 0.324. The Hall–Kier alpha value is -2.23. The summed E-state index contributed by atoms with van der Waals surface area (Å²) in [6.07, 6.45) is 3.21. The molecule has 0 unspecified atom stereocenters. The number of methoxy groups -OCH3 is 1. The number of carbonyl (C=O) groups is 1. The van der Waals surface area contributed by atoms with E-state index in [2.05, 4.69) is 34.1 Å². The van der Waals surface area contributed by atoms with Gasteiger partial charge >= 0.3 is 0 Å². The second-order valence-electron chi connectivity index (χ2n) is 6.02. The molecule has 0 aliphatic carbocycles. The lowest BCUT2D eigenvalue weighted by atomic mass is 10.2. The summed E-state index contributed by atoms with van der Waals surface area (Å²) in [6, 6.07) is 3.70. The number of carbonyl (C=O) groups excluding carboxylic acids is 1. The summed E-state index contributed by atoms with van der Waals surface area (Å²) in [6.45, 7) is 5.38. The second kappa shape index (κ2) is 9.81. The van der Waals surface area contributed by atoms with Gasteiger partial charge in [0.25, 0.3) is 0 Å². The van der Waals surface area contributed by atoms with E-state index in [0.29, 0.717) is 25.6 Å². The van der Waals surface area contributed by atoms with Crippen LogP contribution in [-0.2, 0) is 16.1 Å². The van der Waals surface area contributed by atoms with Crippen LogP contribution in [0.15, 0.2) is 29.7 Å². The highest BCUT2D eigenvalue weighted by atomic mass is 32.2. The van der Waals surface area contributed by atoms with Crippen molar-refractivity contribution in [2.24, 2.45) is 0 Å². The van der Waals surface area contributed by atoms with E-state index in [9.17, 15) is 4.79 Å². The number of hydrogen-bond donors (Lipinski definition) is 1. The standard InChI is InChI=1S/C19H22N4O3S2/c1-12-13(2)28-19-16(12)18(22-11-23-19)27-10-15(24)21-9-14-5-4-6-20-17(14)26-8-7-25-3/h4-6,11H,7-10H2,1-3H3,(H,21,24). The van der Waals surface area contributed by atoms with E-state index in [1.165, 1.54) is 22.2 Å². The number of fused-ring (bicyclic) bond motifs is 1. The topological polar surface area (TPSA) is 86.2 Å². The first-order chi connectivity index (χ1) is 13.6. The van der Waals surface area contributed by atoms with Gasteiger partial charge in [-0.1, -0.05) is 17.8 Å². The van der Waals surface area contributed by atoms with Gasteiger partial charge in [0.05, 0.1) is 12.4 Å². The molecule has 0 atom stereocenters. The summed E-state index contributed by atoms with van der Waals surface area (Å²) in [7, 11) is 1.62. The Morgan fingerprint density at radius 3 is 2.93 bits per heavy atom. The zero-order valence-corrected chi connectivity index (χ0v) is 17.7. The van der Waals surface area contributed by atoms with Gasteiger partial charge in [0.1, 0.15) is 22.8 Å². The Morgan fingerprint density at radius 1 is 1.25 bits per heavy atom. The van der Waals surface area contributed by atoms with Crippen molar-refractivity contribution in [3.05, 3.63) is 40.7 Å². The van der Waals surface area contributed by atoms with Gasteiger partial charge in [0.15, 0.2) is 0 Å². The SMILES string of the molecule is COCCOc1ncccc1CNC(=O)CSc1ncnc2sc(C)c(C)c12. The molecule has 0 saturated carbocycles. The van der Waals surface area contributed by atoms with E-state index < -0.39 is 0 Å². The molecule has 0 radical (unpaired) electrons. The van der Waals surface area contributed by atoms with Crippen molar-refractivity contribution < 1.29 is 14.3 Å². The van der Waals surface area contributed by atoms with Crippen LogP contribution < -0.4 is 10.1 Å². The molecule has 0 bridgehead atoms. The molecule has 0 fully saturated rings. The normalized spacial score (nSPS) is 11.0. The fraction of sp³-hybridized carbons (Fsp3) is 0.368. The van der Waals surface area contributed by atoms with E-state index in [1.54, 1.807) is 31.0 Å². The molecule has 0 saturated heterocycles. The van der Waals surface area contributed by atoms with Crippen LogP contribution >= 0.6 is 23.1 Å². The number of amides is 1. The number of nitrogens with one attached hydrogen (secondary N) is 1. The van der Waals surface area contributed by atoms with E-state index >= 15 is 0 Å². The first-order valence-electron chi connectivity index (χ1n) is 8.76. The fourth-order valence-corrected chi connectivity index (χ4v) is 4.50. The van der Waals surface area contributed by atoms with Crippen molar-refractivity contribution in [3.63, 3.8) is 0 Å². The second-order valence-corrected chi connectivity index (χ2v) is 8.18. The van der Waals surface area contributed by atoms with Gasteiger partial charge in [-0.15, -0.1) is 11.3 Å². The van der Waals surface area contributed by atoms with Gasteiger partial charge < -0.3 is 14.8 Å². The summed E-state index contributed by atoms with van der Waals surface area (Å²) in [5.74, 6) is 0.711. The summed E-state index contributed by atoms with van der Waals surface area (Å²) in [5.41, 5.74) is 2.00. The molecule has 3 rings (SSSR count). The summed E-state index contributed by atoms with van der Waals surface area (Å²) in [5, 5.41) is 4.80. The van der Waals surface area contributed by atoms with Crippen molar-refractivity contribution >= 4 is 39.2 Å². The number of nitrogens with zero attached hydrogens (tertiary/aromatic N) is 3. The summed E-state index contributed by atoms with van der Waals surface area (Å²) in [4.78, 5) is 27.4. The van der Waals surface area contributed by atoms with Gasteiger partial charge in [-0.2, -0.15) is 0 Å². The molecule has 1 N–H and O–H groups in total. The molecule has 0 aromatic carbocycles. The van der Waals surface area contributed by atoms with Crippen LogP contribution in [0.25, 0.3) is 10.2 Å². The van der Waals surface area contributed by atoms with Crippen molar-refractivity contribution in [1.29, 1.82) is 0 Å². The van der Waals surface area contributed by atoms with Crippen molar-refractivity contribution in [1.82, 2.24) is 20.3 Å². The lowest BCUT2D eigenvalue weighted by Crippen LogP contribution is -2.25. The van der Waals surface area contributed by atoms with E-state index in [4.69, 9.17) is 9.47 Å². The summed E-state index contributed by atoms with van der Waals surface area (Å²) >= 11 is 3.07. The van der Waals surface area contributed by atoms with Crippen molar-refractivity contribution in [3.8, 4) is 5.88 Å². The third kappa shape index (κ3) is 4.98. The molecule has 0 spiro atoms. The highest BCUT2D eigenvalue weighted by Gasteiger charge is 2.14. The number of aryl methyl sites for hydroxylation is 2. The number of aromatic nitrogens is 3. The first kappa shape index (κ1) is 20.5. The molecule has 0 aliphatic heterocycles. The monoisotopic (exact) mass is 418 g/mol. The number of pyridine rings is 1. The van der Waals surface area contributed by atoms with Crippen LogP contribution in [0, 0.1) is 13.8 Å². The zero-order chi connectivity index (χ0) is 19.9. The molecule has 3 heterocycles. The lowest BCUT2D eigenvalue weighted by molar-refractivity contribution is -0.118. The van der Waals surface area contributed by atoms with Crippen molar-refractivity contribution in [2.75, 3.05) is 26.1 Å². The van der Waals surface area contributed by atoms with Gasteiger partial charge in [-0.3, -0.25) is 4.79 Å². The van der Waals surface area contributed by atoms with Gasteiger partial charge in [0.2, 0.25) is 11.8 Å². The minimum Gasteiger partial charge on any atom is -0.475 e. The lowest BCUT2D eigenvalue weighted by Gasteiger charge is -2.11. The van der Waals surface area contributed by atoms with E-state index in [1.807, 2.05) is 12.1 Å². The Kier molecular flexibility index (Phi) is 7.18. The predicted molar refractivity (Wildman–Crippen MR) is 111 cm³/mol. The van der Waals surface area contributed by atoms with Crippen LogP contribution in [0.5, 0.6) is 5.88 Å². The predicted octanol–water partition coefficient (Wildman–Crippen LogP) is 3.14. The van der Waals surface area contributed by atoms with Gasteiger partial charge in [-0.05, 0) is 25.5 Å². The molecule has 0 aliphatic rings. The minimum absolute atomic E-state index is 0.0759. The summed E-state index contributed by atoms with van der Waals surface area (Å²) < 4.78 is 10.6. The molecular formula is C19H22N4O3S2. The van der Waals surface area contributed by atoms with Gasteiger partial charge in [-0.25, -0.2) is 15.0 Å². The van der Waals surface area contributed by atoms with Crippen LogP contribution in [0.4, 0.5) is 0 Å². The van der Waals surface area contributed by atoms with Crippen LogP contribution in [0.2, 0.25) is 0 Å². The maximum atomic E-state index is 12.3. The Bertz CT molecular complexity index is 962. The number of rotatable bonds is 9. The molecule has 1 amide bonds. The molecule has 7 nitrogen and oxygen atoms in total. The number of thiophene rings is 1. The van der Waals surface area contributed by atoms with E-state index in [-0.39, 0.29) is 11.7 Å². The minimum atomic E-state index is -0.0759. The molecule has 28 heavy (non-hydrogen) atoms. The van der Waals surface area contributed by atoms with Gasteiger partial charge in [0, 0.05) is 35.7 Å². The molecule has 3 aromatic heterocycles. The molecule has 148 valence electrons. The zero-order valence-electron chi connectivity index (χ0n) is 16.0. The number of ether oxygens (including phenoxy) is 2. The maximum absolute atomic E-state index is 12.3. The Labute approximate surface area is 171 Å². The maximum Gasteiger partial charge on any atom is 0.230 e. The van der Waals surface area contributed by atoms with Crippen LogP contribution in [-0.4, -0.2) is 46.9 Å². The number of thioether (sulfide) groups is 1. The fourth-order valence-electron chi connectivity index (χ4n) is 2.55. The third-order valence-corrected chi connectivity index (χ3v) is 6.23. The smallest absolute Gasteiger partial charge is 0.230 e. The Balaban J connectivity index is 1.57.